The zero-order valence-electron chi connectivity index (χ0n) is 8.68. The van der Waals surface area contributed by atoms with Gasteiger partial charge >= 0.3 is 0 Å². The second kappa shape index (κ2) is 4.94. The predicted molar refractivity (Wildman–Crippen MR) is 52.7 cm³/mol. The maximum Gasteiger partial charge on any atom is 0.0897 e. The summed E-state index contributed by atoms with van der Waals surface area (Å²) < 4.78 is 5.10. The molecule has 0 aliphatic heterocycles. The van der Waals surface area contributed by atoms with E-state index in [4.69, 9.17) is 4.74 Å². The highest BCUT2D eigenvalue weighted by molar-refractivity contribution is 4.90. The average Bonchev–Trinajstić information content (AvgIpc) is 2.80. The number of hydrogen-bond acceptors (Lipinski definition) is 3. The fourth-order valence-electron chi connectivity index (χ4n) is 1.24. The highest BCUT2D eigenvalue weighted by atomic mass is 16.5. The van der Waals surface area contributed by atoms with Gasteiger partial charge in [-0.3, -0.25) is 0 Å². The van der Waals surface area contributed by atoms with Crippen LogP contribution in [0.1, 0.15) is 26.7 Å². The summed E-state index contributed by atoms with van der Waals surface area (Å²) >= 11 is 0. The topological polar surface area (TPSA) is 41.5 Å². The first-order valence-corrected chi connectivity index (χ1v) is 5.13. The highest BCUT2D eigenvalue weighted by Crippen LogP contribution is 2.43. The molecule has 1 saturated carbocycles. The molecule has 3 heteroatoms. The molecule has 3 nitrogen and oxygen atoms in total. The van der Waals surface area contributed by atoms with Crippen LogP contribution >= 0.6 is 0 Å². The lowest BCUT2D eigenvalue weighted by Gasteiger charge is -2.14. The van der Waals surface area contributed by atoms with E-state index in [1.807, 2.05) is 6.92 Å². The van der Waals surface area contributed by atoms with Crippen molar-refractivity contribution in [3.8, 4) is 0 Å². The standard InChI is InChI=1S/C10H21NO2/c1-3-13-7-9(12)6-11-8-10(2)4-5-10/h9,11-12H,3-8H2,1-2H3. The number of aliphatic hydroxyl groups excluding tert-OH is 1. The zero-order chi connectivity index (χ0) is 9.73. The van der Waals surface area contributed by atoms with Crippen LogP contribution in [0.4, 0.5) is 0 Å². The molecular weight excluding hydrogens is 166 g/mol. The minimum atomic E-state index is -0.359. The molecule has 2 N–H and O–H groups in total. The molecule has 1 aliphatic carbocycles. The Labute approximate surface area is 80.5 Å². The molecule has 78 valence electrons. The van der Waals surface area contributed by atoms with Crippen molar-refractivity contribution in [2.45, 2.75) is 32.8 Å². The van der Waals surface area contributed by atoms with E-state index in [2.05, 4.69) is 12.2 Å². The molecule has 1 aliphatic rings. The van der Waals surface area contributed by atoms with E-state index in [9.17, 15) is 5.11 Å². The predicted octanol–water partition coefficient (Wildman–Crippen LogP) is 0.773. The number of hydrogen-bond donors (Lipinski definition) is 2. The molecular formula is C10H21NO2. The third kappa shape index (κ3) is 4.60. The first-order valence-electron chi connectivity index (χ1n) is 5.13. The van der Waals surface area contributed by atoms with Crippen LogP contribution in [0.15, 0.2) is 0 Å². The Morgan fingerprint density at radius 1 is 1.54 bits per heavy atom. The summed E-state index contributed by atoms with van der Waals surface area (Å²) in [6, 6.07) is 0. The van der Waals surface area contributed by atoms with Gasteiger partial charge in [0.15, 0.2) is 0 Å². The van der Waals surface area contributed by atoms with Crippen LogP contribution in [0.5, 0.6) is 0 Å². The zero-order valence-corrected chi connectivity index (χ0v) is 8.68. The third-order valence-corrected chi connectivity index (χ3v) is 2.55. The monoisotopic (exact) mass is 187 g/mol. The molecule has 0 heterocycles. The van der Waals surface area contributed by atoms with E-state index in [0.717, 1.165) is 6.54 Å². The molecule has 0 bridgehead atoms. The molecule has 0 amide bonds. The van der Waals surface area contributed by atoms with Gasteiger partial charge in [-0.1, -0.05) is 6.92 Å². The minimum Gasteiger partial charge on any atom is -0.389 e. The average molecular weight is 187 g/mol. The van der Waals surface area contributed by atoms with Crippen molar-refractivity contribution in [2.75, 3.05) is 26.3 Å². The summed E-state index contributed by atoms with van der Waals surface area (Å²) in [5.41, 5.74) is 0.519. The normalized spacial score (nSPS) is 21.5. The molecule has 0 spiro atoms. The Balaban J connectivity index is 1.92. The van der Waals surface area contributed by atoms with Gasteiger partial charge in [-0.2, -0.15) is 0 Å². The van der Waals surface area contributed by atoms with Gasteiger partial charge in [0.05, 0.1) is 12.7 Å². The SMILES string of the molecule is CCOCC(O)CNCC1(C)CC1. The van der Waals surface area contributed by atoms with Crippen molar-refractivity contribution >= 4 is 0 Å². The quantitative estimate of drug-likeness (QED) is 0.618. The smallest absolute Gasteiger partial charge is 0.0897 e. The molecule has 1 unspecified atom stereocenters. The van der Waals surface area contributed by atoms with Crippen molar-refractivity contribution in [2.24, 2.45) is 5.41 Å². The van der Waals surface area contributed by atoms with Gasteiger partial charge in [0, 0.05) is 19.7 Å². The van der Waals surface area contributed by atoms with Gasteiger partial charge in [0.1, 0.15) is 0 Å². The van der Waals surface area contributed by atoms with Crippen molar-refractivity contribution in [3.63, 3.8) is 0 Å². The van der Waals surface area contributed by atoms with Gasteiger partial charge in [0.2, 0.25) is 0 Å². The molecule has 0 aromatic rings. The summed E-state index contributed by atoms with van der Waals surface area (Å²) in [4.78, 5) is 0. The van der Waals surface area contributed by atoms with Crippen LogP contribution in [-0.4, -0.2) is 37.5 Å². The van der Waals surface area contributed by atoms with Gasteiger partial charge in [0.25, 0.3) is 0 Å². The van der Waals surface area contributed by atoms with Gasteiger partial charge < -0.3 is 15.2 Å². The summed E-state index contributed by atoms with van der Waals surface area (Å²) in [5.74, 6) is 0. The van der Waals surface area contributed by atoms with Crippen LogP contribution in [0.25, 0.3) is 0 Å². The van der Waals surface area contributed by atoms with Crippen LogP contribution in [0.2, 0.25) is 0 Å². The molecule has 0 radical (unpaired) electrons. The molecule has 1 rings (SSSR count). The Kier molecular flexibility index (Phi) is 4.16. The number of aliphatic hydroxyl groups is 1. The van der Waals surface area contributed by atoms with E-state index >= 15 is 0 Å². The maximum absolute atomic E-state index is 9.41. The molecule has 1 fully saturated rings. The lowest BCUT2D eigenvalue weighted by Crippen LogP contribution is -2.33. The Hall–Kier alpha value is -0.120. The first-order chi connectivity index (χ1) is 6.16. The summed E-state index contributed by atoms with van der Waals surface area (Å²) in [7, 11) is 0. The maximum atomic E-state index is 9.41. The lowest BCUT2D eigenvalue weighted by atomic mass is 10.1. The summed E-state index contributed by atoms with van der Waals surface area (Å²) in [6.45, 7) is 7.00. The van der Waals surface area contributed by atoms with Gasteiger partial charge in [-0.25, -0.2) is 0 Å². The molecule has 1 atom stereocenters. The van der Waals surface area contributed by atoms with Crippen molar-refractivity contribution in [1.29, 1.82) is 0 Å². The van der Waals surface area contributed by atoms with Crippen molar-refractivity contribution in [3.05, 3.63) is 0 Å². The molecule has 0 aromatic heterocycles. The van der Waals surface area contributed by atoms with Crippen molar-refractivity contribution in [1.82, 2.24) is 5.32 Å². The first kappa shape index (κ1) is 11.0. The van der Waals surface area contributed by atoms with Crippen LogP contribution < -0.4 is 5.32 Å². The Morgan fingerprint density at radius 3 is 2.77 bits per heavy atom. The summed E-state index contributed by atoms with van der Waals surface area (Å²) in [5, 5.41) is 12.7. The van der Waals surface area contributed by atoms with Crippen molar-refractivity contribution < 1.29 is 9.84 Å². The number of ether oxygens (including phenoxy) is 1. The van der Waals surface area contributed by atoms with E-state index < -0.39 is 0 Å². The molecule has 0 aromatic carbocycles. The second-order valence-electron chi connectivity index (χ2n) is 4.25. The third-order valence-electron chi connectivity index (χ3n) is 2.55. The number of nitrogens with one attached hydrogen (secondary N) is 1. The second-order valence-corrected chi connectivity index (χ2v) is 4.25. The lowest BCUT2D eigenvalue weighted by molar-refractivity contribution is 0.0424. The van der Waals surface area contributed by atoms with E-state index in [1.165, 1.54) is 12.8 Å². The fraction of sp³-hybridized carbons (Fsp3) is 1.00. The highest BCUT2D eigenvalue weighted by Gasteiger charge is 2.36. The summed E-state index contributed by atoms with van der Waals surface area (Å²) in [6.07, 6.45) is 2.28. The number of rotatable bonds is 7. The fourth-order valence-corrected chi connectivity index (χ4v) is 1.24. The molecule has 0 saturated heterocycles. The van der Waals surface area contributed by atoms with Gasteiger partial charge in [-0.05, 0) is 25.2 Å². The van der Waals surface area contributed by atoms with E-state index in [-0.39, 0.29) is 6.10 Å². The molecule has 13 heavy (non-hydrogen) atoms. The Morgan fingerprint density at radius 2 is 2.23 bits per heavy atom. The van der Waals surface area contributed by atoms with Crippen LogP contribution in [0.3, 0.4) is 0 Å². The Bertz CT molecular complexity index is 146. The van der Waals surface area contributed by atoms with Crippen LogP contribution in [-0.2, 0) is 4.74 Å². The van der Waals surface area contributed by atoms with Gasteiger partial charge in [-0.15, -0.1) is 0 Å². The van der Waals surface area contributed by atoms with E-state index in [0.29, 0.717) is 25.2 Å². The van der Waals surface area contributed by atoms with Crippen LogP contribution in [0, 0.1) is 5.41 Å². The van der Waals surface area contributed by atoms with E-state index in [1.54, 1.807) is 0 Å². The minimum absolute atomic E-state index is 0.359. The largest absolute Gasteiger partial charge is 0.389 e.